The van der Waals surface area contributed by atoms with Crippen molar-refractivity contribution in [3.63, 3.8) is 0 Å². The number of carbonyl (C=O) groups is 1. The van der Waals surface area contributed by atoms with Gasteiger partial charge in [-0.3, -0.25) is 4.79 Å². The third-order valence-electron chi connectivity index (χ3n) is 1.61. The summed E-state index contributed by atoms with van der Waals surface area (Å²) in [4.78, 5) is 11.0. The Morgan fingerprint density at radius 3 is 2.77 bits per heavy atom. The second-order valence-electron chi connectivity index (χ2n) is 2.68. The molecule has 1 rings (SSSR count). The first-order valence-electron chi connectivity index (χ1n) is 3.65. The summed E-state index contributed by atoms with van der Waals surface area (Å²) in [5.41, 5.74) is 0.333. The highest BCUT2D eigenvalue weighted by Crippen LogP contribution is 2.27. The summed E-state index contributed by atoms with van der Waals surface area (Å²) in [6.07, 6.45) is 0. The normalized spacial score (nSPS) is 12.6. The van der Waals surface area contributed by atoms with Gasteiger partial charge in [-0.05, 0) is 25.1 Å². The average Bonchev–Trinajstić information content (AvgIpc) is 2.08. The number of thiol groups is 1. The number of halogens is 2. The van der Waals surface area contributed by atoms with Gasteiger partial charge in [0.05, 0.1) is 0 Å². The summed E-state index contributed by atoms with van der Waals surface area (Å²) in [5, 5.41) is 0. The molecule has 0 saturated heterocycles. The van der Waals surface area contributed by atoms with Crippen LogP contribution in [0.25, 0.3) is 0 Å². The number of ketones is 1. The Balaban J connectivity index is 3.12. The van der Waals surface area contributed by atoms with E-state index in [9.17, 15) is 9.18 Å². The minimum absolute atomic E-state index is 0.127. The predicted octanol–water partition coefficient (Wildman–Crippen LogP) is 3.14. The van der Waals surface area contributed by atoms with Crippen LogP contribution in [0.5, 0.6) is 0 Å². The molecule has 4 heteroatoms. The van der Waals surface area contributed by atoms with Crippen LogP contribution in [0, 0.1) is 5.82 Å². The van der Waals surface area contributed by atoms with E-state index in [0.717, 1.165) is 0 Å². The summed E-state index contributed by atoms with van der Waals surface area (Å²) in [6, 6.07) is 4.38. The fourth-order valence-corrected chi connectivity index (χ4v) is 1.51. The Morgan fingerprint density at radius 1 is 1.62 bits per heavy atom. The molecule has 0 spiro atoms. The number of alkyl halides is 1. The number of hydrogen-bond donors (Lipinski definition) is 1. The first-order valence-corrected chi connectivity index (χ1v) is 5.01. The summed E-state index contributed by atoms with van der Waals surface area (Å²) in [6.45, 7) is 1.41. The van der Waals surface area contributed by atoms with Crippen LogP contribution in [0.1, 0.15) is 17.3 Å². The van der Waals surface area contributed by atoms with Gasteiger partial charge in [0, 0.05) is 10.5 Å². The van der Waals surface area contributed by atoms with E-state index in [-0.39, 0.29) is 5.78 Å². The topological polar surface area (TPSA) is 17.1 Å². The Morgan fingerprint density at radius 2 is 2.23 bits per heavy atom. The fourth-order valence-electron chi connectivity index (χ4n) is 0.944. The largest absolute Gasteiger partial charge is 0.298 e. The summed E-state index contributed by atoms with van der Waals surface area (Å²) < 4.78 is 13.2. The Hall–Kier alpha value is -0.350. The second kappa shape index (κ2) is 4.24. The first-order chi connectivity index (χ1) is 6.02. The molecule has 0 fully saturated rings. The molecule has 0 aliphatic carbocycles. The minimum atomic E-state index is -0.584. The van der Waals surface area contributed by atoms with Gasteiger partial charge in [0.25, 0.3) is 0 Å². The monoisotopic (exact) mass is 262 g/mol. The van der Waals surface area contributed by atoms with Crippen molar-refractivity contribution in [2.24, 2.45) is 0 Å². The van der Waals surface area contributed by atoms with E-state index < -0.39 is 10.6 Å². The Bertz CT molecular complexity index is 340. The predicted molar refractivity (Wildman–Crippen MR) is 56.0 cm³/mol. The Kier molecular flexibility index (Phi) is 3.50. The van der Waals surface area contributed by atoms with Crippen LogP contribution in [0.15, 0.2) is 23.1 Å². The van der Waals surface area contributed by atoms with E-state index >= 15 is 0 Å². The highest BCUT2D eigenvalue weighted by molar-refractivity contribution is 9.09. The fraction of sp³-hybridized carbons (Fsp3) is 0.222. The van der Waals surface area contributed by atoms with E-state index in [2.05, 4.69) is 28.6 Å². The number of carbonyl (C=O) groups excluding carboxylic acids is 1. The van der Waals surface area contributed by atoms with Crippen molar-refractivity contribution in [1.29, 1.82) is 0 Å². The third-order valence-corrected chi connectivity index (χ3v) is 3.03. The van der Waals surface area contributed by atoms with Crippen molar-refractivity contribution in [1.82, 2.24) is 0 Å². The summed E-state index contributed by atoms with van der Waals surface area (Å²) in [5.74, 6) is -0.521. The second-order valence-corrected chi connectivity index (χ2v) is 4.11. The molecule has 1 unspecified atom stereocenters. The number of hydrogen-bond acceptors (Lipinski definition) is 2. The standard InChI is InChI=1S/C9H8BrFOS/c1-5(12)9(10)7-4-6(13)2-3-8(7)11/h2-4,9,13H,1H3. The van der Waals surface area contributed by atoms with Gasteiger partial charge in [-0.2, -0.15) is 0 Å². The molecule has 1 aromatic rings. The molecule has 13 heavy (non-hydrogen) atoms. The zero-order chi connectivity index (χ0) is 10.0. The van der Waals surface area contributed by atoms with Crippen molar-refractivity contribution in [2.75, 3.05) is 0 Å². The van der Waals surface area contributed by atoms with Gasteiger partial charge in [0.2, 0.25) is 0 Å². The van der Waals surface area contributed by atoms with Crippen molar-refractivity contribution in [3.8, 4) is 0 Å². The van der Waals surface area contributed by atoms with Crippen LogP contribution >= 0.6 is 28.6 Å². The van der Waals surface area contributed by atoms with Crippen molar-refractivity contribution in [2.45, 2.75) is 16.6 Å². The molecule has 0 aliphatic rings. The third kappa shape index (κ3) is 2.54. The average molecular weight is 263 g/mol. The molecule has 0 N–H and O–H groups in total. The van der Waals surface area contributed by atoms with E-state index in [0.29, 0.717) is 10.5 Å². The van der Waals surface area contributed by atoms with Crippen LogP contribution < -0.4 is 0 Å². The van der Waals surface area contributed by atoms with Crippen molar-refractivity contribution in [3.05, 3.63) is 29.6 Å². The van der Waals surface area contributed by atoms with E-state index in [1.54, 1.807) is 12.1 Å². The number of rotatable bonds is 2. The molecule has 0 heterocycles. The first kappa shape index (κ1) is 10.7. The molecule has 0 aliphatic heterocycles. The van der Waals surface area contributed by atoms with Crippen LogP contribution in [0.4, 0.5) is 4.39 Å². The van der Waals surface area contributed by atoms with Gasteiger partial charge >= 0.3 is 0 Å². The molecule has 1 atom stereocenters. The lowest BCUT2D eigenvalue weighted by Crippen LogP contribution is -2.03. The maximum Gasteiger partial charge on any atom is 0.147 e. The van der Waals surface area contributed by atoms with Crippen molar-refractivity contribution < 1.29 is 9.18 Å². The van der Waals surface area contributed by atoms with E-state index in [1.807, 2.05) is 0 Å². The van der Waals surface area contributed by atoms with E-state index in [4.69, 9.17) is 0 Å². The molecular weight excluding hydrogens is 255 g/mol. The van der Waals surface area contributed by atoms with Crippen LogP contribution in [0.2, 0.25) is 0 Å². The minimum Gasteiger partial charge on any atom is -0.298 e. The van der Waals surface area contributed by atoms with Crippen LogP contribution in [0.3, 0.4) is 0 Å². The molecular formula is C9H8BrFOS. The lowest BCUT2D eigenvalue weighted by Gasteiger charge is -2.07. The number of benzene rings is 1. The molecule has 0 amide bonds. The highest BCUT2D eigenvalue weighted by Gasteiger charge is 2.16. The molecule has 0 radical (unpaired) electrons. The maximum atomic E-state index is 13.2. The zero-order valence-corrected chi connectivity index (χ0v) is 9.40. The number of Topliss-reactive ketones (excluding diaryl/α,β-unsaturated/α-hetero) is 1. The SMILES string of the molecule is CC(=O)C(Br)c1cc(S)ccc1F. The van der Waals surface area contributed by atoms with Gasteiger partial charge in [-0.15, -0.1) is 12.6 Å². The van der Waals surface area contributed by atoms with Gasteiger partial charge in [0.15, 0.2) is 0 Å². The molecule has 1 nitrogen and oxygen atoms in total. The summed E-state index contributed by atoms with van der Waals surface area (Å²) in [7, 11) is 0. The summed E-state index contributed by atoms with van der Waals surface area (Å²) >= 11 is 7.18. The lowest BCUT2D eigenvalue weighted by molar-refractivity contribution is -0.116. The van der Waals surface area contributed by atoms with Gasteiger partial charge in [-0.1, -0.05) is 15.9 Å². The van der Waals surface area contributed by atoms with Crippen LogP contribution in [-0.2, 0) is 4.79 Å². The molecule has 0 bridgehead atoms. The molecule has 0 aromatic heterocycles. The van der Waals surface area contributed by atoms with Crippen molar-refractivity contribution >= 4 is 34.3 Å². The van der Waals surface area contributed by atoms with Gasteiger partial charge < -0.3 is 0 Å². The maximum absolute atomic E-state index is 13.2. The highest BCUT2D eigenvalue weighted by atomic mass is 79.9. The van der Waals surface area contributed by atoms with Gasteiger partial charge in [0.1, 0.15) is 16.4 Å². The van der Waals surface area contributed by atoms with Crippen LogP contribution in [-0.4, -0.2) is 5.78 Å². The zero-order valence-electron chi connectivity index (χ0n) is 6.92. The van der Waals surface area contributed by atoms with E-state index in [1.165, 1.54) is 13.0 Å². The molecule has 1 aromatic carbocycles. The quantitative estimate of drug-likeness (QED) is 0.640. The lowest BCUT2D eigenvalue weighted by atomic mass is 10.1. The molecule has 70 valence electrons. The molecule has 0 saturated carbocycles. The van der Waals surface area contributed by atoms with Gasteiger partial charge in [-0.25, -0.2) is 4.39 Å². The smallest absolute Gasteiger partial charge is 0.147 e. The Labute approximate surface area is 89.9 Å².